The third-order valence-electron chi connectivity index (χ3n) is 1.60. The molecule has 0 aromatic carbocycles. The summed E-state index contributed by atoms with van der Waals surface area (Å²) < 4.78 is 0. The van der Waals surface area contributed by atoms with E-state index in [1.54, 1.807) is 0 Å². The normalized spacial score (nSPS) is 19.1. The molecule has 0 radical (unpaired) electrons. The summed E-state index contributed by atoms with van der Waals surface area (Å²) in [5, 5.41) is 8.68. The van der Waals surface area contributed by atoms with E-state index < -0.39 is 11.9 Å². The number of hydrogen-bond donors (Lipinski definition) is 1. The van der Waals surface area contributed by atoms with E-state index >= 15 is 0 Å². The second kappa shape index (κ2) is 2.44. The number of rotatable bonds is 1. The molecule has 0 aliphatic carbocycles. The van der Waals surface area contributed by atoms with Crippen LogP contribution in [0.15, 0.2) is 26.2 Å². The second-order valence-corrected chi connectivity index (χ2v) is 2.35. The van der Waals surface area contributed by atoms with Crippen molar-refractivity contribution in [2.45, 2.75) is 0 Å². The Morgan fingerprint density at radius 1 is 1.38 bits per heavy atom. The van der Waals surface area contributed by atoms with Crippen LogP contribution in [-0.2, 0) is 9.59 Å². The number of aliphatic carboxylic acids is 1. The van der Waals surface area contributed by atoms with Gasteiger partial charge in [-0.25, -0.2) is 19.8 Å². The predicted molar refractivity (Wildman–Crippen MR) is 44.1 cm³/mol. The van der Waals surface area contributed by atoms with Gasteiger partial charge in [0.25, 0.3) is 5.91 Å². The van der Waals surface area contributed by atoms with Gasteiger partial charge in [-0.2, -0.15) is 0 Å². The lowest BCUT2D eigenvalue weighted by Crippen LogP contribution is -2.21. The number of nitrogens with zero attached hydrogens (tertiary/aromatic N) is 3. The number of aliphatic imine (C=N–C) groups is 3. The summed E-state index contributed by atoms with van der Waals surface area (Å²) in [6.45, 7) is 0. The van der Waals surface area contributed by atoms with Crippen molar-refractivity contribution in [3.8, 4) is 0 Å². The molecule has 0 saturated heterocycles. The van der Waals surface area contributed by atoms with Crippen LogP contribution in [0.2, 0.25) is 0 Å². The van der Waals surface area contributed by atoms with Gasteiger partial charge in [-0.1, -0.05) is 0 Å². The number of hydrogen-bond acceptors (Lipinski definition) is 4. The van der Waals surface area contributed by atoms with Crippen molar-refractivity contribution in [2.75, 3.05) is 0 Å². The van der Waals surface area contributed by atoms with Crippen LogP contribution < -0.4 is 0 Å². The summed E-state index contributed by atoms with van der Waals surface area (Å²) in [5.74, 6) is -1.73. The monoisotopic (exact) mass is 177 g/mol. The van der Waals surface area contributed by atoms with Gasteiger partial charge in [0, 0.05) is 6.21 Å². The van der Waals surface area contributed by atoms with Crippen molar-refractivity contribution >= 4 is 30.1 Å². The summed E-state index contributed by atoms with van der Waals surface area (Å²) in [4.78, 5) is 32.3. The first-order valence-electron chi connectivity index (χ1n) is 3.37. The minimum absolute atomic E-state index is 0.0000926. The molecule has 0 spiro atoms. The van der Waals surface area contributed by atoms with Crippen LogP contribution in [0.3, 0.4) is 0 Å². The lowest BCUT2D eigenvalue weighted by atomic mass is 10.1. The Hall–Kier alpha value is -2.11. The third-order valence-corrected chi connectivity index (χ3v) is 1.60. The van der Waals surface area contributed by atoms with Gasteiger partial charge in [-0.3, -0.25) is 4.79 Å². The molecule has 0 fully saturated rings. The first kappa shape index (κ1) is 7.53. The molecule has 1 amide bonds. The van der Waals surface area contributed by atoms with Crippen molar-refractivity contribution in [3.63, 3.8) is 0 Å². The van der Waals surface area contributed by atoms with E-state index in [1.807, 2.05) is 0 Å². The zero-order chi connectivity index (χ0) is 9.42. The van der Waals surface area contributed by atoms with E-state index in [4.69, 9.17) is 5.11 Å². The number of carbonyl (C=O) groups excluding carboxylic acids is 1. The summed E-state index contributed by atoms with van der Waals surface area (Å²) in [5.41, 5.74) is -0.0144. The van der Waals surface area contributed by atoms with Crippen LogP contribution in [0.5, 0.6) is 0 Å². The van der Waals surface area contributed by atoms with Crippen LogP contribution in [-0.4, -0.2) is 35.2 Å². The lowest BCUT2D eigenvalue weighted by molar-refractivity contribution is -0.132. The largest absolute Gasteiger partial charge is 0.478 e. The molecular weight excluding hydrogens is 174 g/mol. The zero-order valence-corrected chi connectivity index (χ0v) is 6.26. The molecule has 0 aromatic rings. The molecule has 0 bridgehead atoms. The maximum absolute atomic E-state index is 11.0. The Labute approximate surface area is 72.0 Å². The maximum atomic E-state index is 11.0. The standard InChI is InChI=1S/C7H3N3O3/c11-6-5-4(9-2-10-5)3(1-8-6)7(12)13/h1-2H,(H,12,13). The Kier molecular flexibility index (Phi) is 1.42. The van der Waals surface area contributed by atoms with Crippen molar-refractivity contribution in [2.24, 2.45) is 15.0 Å². The van der Waals surface area contributed by atoms with E-state index in [9.17, 15) is 9.59 Å². The van der Waals surface area contributed by atoms with Gasteiger partial charge in [-0.15, -0.1) is 0 Å². The van der Waals surface area contributed by atoms with Crippen molar-refractivity contribution in [1.29, 1.82) is 0 Å². The molecule has 1 N–H and O–H groups in total. The lowest BCUT2D eigenvalue weighted by Gasteiger charge is -2.04. The van der Waals surface area contributed by atoms with E-state index in [0.29, 0.717) is 0 Å². The van der Waals surface area contributed by atoms with Gasteiger partial charge in [0.2, 0.25) is 0 Å². The zero-order valence-electron chi connectivity index (χ0n) is 6.26. The molecule has 13 heavy (non-hydrogen) atoms. The first-order chi connectivity index (χ1) is 6.20. The highest BCUT2D eigenvalue weighted by Gasteiger charge is 2.28. The SMILES string of the molecule is O=C(O)C1=C2N=CN=C2C(=O)N=C1. The average Bonchev–Trinajstić information content (AvgIpc) is 2.53. The van der Waals surface area contributed by atoms with E-state index in [1.165, 1.54) is 0 Å². The molecule has 2 aliphatic heterocycles. The molecule has 0 atom stereocenters. The van der Waals surface area contributed by atoms with Gasteiger partial charge >= 0.3 is 5.97 Å². The Bertz CT molecular complexity index is 428. The number of fused-ring (bicyclic) bond motifs is 1. The Morgan fingerprint density at radius 2 is 2.15 bits per heavy atom. The van der Waals surface area contributed by atoms with Gasteiger partial charge in [0.15, 0.2) is 5.71 Å². The average molecular weight is 177 g/mol. The minimum atomic E-state index is -1.17. The minimum Gasteiger partial charge on any atom is -0.478 e. The molecular formula is C7H3N3O3. The summed E-state index contributed by atoms with van der Waals surface area (Å²) in [6, 6.07) is 0. The fourth-order valence-electron chi connectivity index (χ4n) is 1.02. The van der Waals surface area contributed by atoms with Crippen LogP contribution >= 0.6 is 0 Å². The van der Waals surface area contributed by atoms with Crippen molar-refractivity contribution in [1.82, 2.24) is 0 Å². The molecule has 0 saturated carbocycles. The second-order valence-electron chi connectivity index (χ2n) is 2.35. The highest BCUT2D eigenvalue weighted by atomic mass is 16.4. The van der Waals surface area contributed by atoms with E-state index in [2.05, 4.69) is 15.0 Å². The van der Waals surface area contributed by atoms with E-state index in [-0.39, 0.29) is 17.0 Å². The Balaban J connectivity index is 2.60. The van der Waals surface area contributed by atoms with Crippen molar-refractivity contribution in [3.05, 3.63) is 11.3 Å². The fraction of sp³-hybridized carbons (Fsp3) is 0. The third kappa shape index (κ3) is 0.994. The number of carbonyl (C=O) groups is 2. The molecule has 6 heteroatoms. The molecule has 0 aromatic heterocycles. The fourth-order valence-corrected chi connectivity index (χ4v) is 1.02. The molecule has 2 rings (SSSR count). The smallest absolute Gasteiger partial charge is 0.339 e. The maximum Gasteiger partial charge on any atom is 0.339 e. The van der Waals surface area contributed by atoms with Gasteiger partial charge in [0.05, 0.1) is 0 Å². The van der Waals surface area contributed by atoms with Crippen LogP contribution in [0.4, 0.5) is 0 Å². The Morgan fingerprint density at radius 3 is 2.85 bits per heavy atom. The van der Waals surface area contributed by atoms with Crippen LogP contribution in [0.25, 0.3) is 0 Å². The molecule has 2 aliphatic rings. The summed E-state index contributed by atoms with van der Waals surface area (Å²) in [6.07, 6.45) is 2.13. The van der Waals surface area contributed by atoms with Crippen LogP contribution in [0, 0.1) is 0 Å². The highest BCUT2D eigenvalue weighted by Crippen LogP contribution is 2.16. The summed E-state index contributed by atoms with van der Waals surface area (Å²) in [7, 11) is 0. The quantitative estimate of drug-likeness (QED) is 0.580. The van der Waals surface area contributed by atoms with Gasteiger partial charge in [0.1, 0.15) is 17.6 Å². The van der Waals surface area contributed by atoms with Crippen LogP contribution in [0.1, 0.15) is 0 Å². The highest BCUT2D eigenvalue weighted by molar-refractivity contribution is 6.52. The number of amides is 1. The predicted octanol–water partition coefficient (Wildman–Crippen LogP) is -0.581. The number of carboxylic acids is 1. The first-order valence-corrected chi connectivity index (χ1v) is 3.37. The molecule has 2 heterocycles. The number of dihydropyridines is 1. The van der Waals surface area contributed by atoms with E-state index in [0.717, 1.165) is 12.6 Å². The van der Waals surface area contributed by atoms with Gasteiger partial charge in [-0.05, 0) is 0 Å². The molecule has 0 unspecified atom stereocenters. The van der Waals surface area contributed by atoms with Crippen molar-refractivity contribution < 1.29 is 14.7 Å². The number of carboxylic acid groups (broad SMARTS) is 1. The summed E-state index contributed by atoms with van der Waals surface area (Å²) >= 11 is 0. The molecule has 6 nitrogen and oxygen atoms in total. The molecule has 64 valence electrons. The van der Waals surface area contributed by atoms with Gasteiger partial charge < -0.3 is 5.11 Å². The topological polar surface area (TPSA) is 91.5 Å².